The molecule has 0 aliphatic heterocycles. The number of halogens is 1. The van der Waals surface area contributed by atoms with Crippen LogP contribution in [0.4, 0.5) is 10.5 Å². The molecule has 136 valence electrons. The van der Waals surface area contributed by atoms with Crippen LogP contribution < -0.4 is 5.32 Å². The third-order valence-electron chi connectivity index (χ3n) is 4.67. The fourth-order valence-corrected chi connectivity index (χ4v) is 3.77. The van der Waals surface area contributed by atoms with Crippen LogP contribution in [0, 0.1) is 0 Å². The van der Waals surface area contributed by atoms with Gasteiger partial charge in [0.25, 0.3) is 0 Å². The zero-order valence-electron chi connectivity index (χ0n) is 14.4. The molecule has 27 heavy (non-hydrogen) atoms. The Balaban J connectivity index is 1.48. The van der Waals surface area contributed by atoms with E-state index in [9.17, 15) is 9.90 Å². The smallest absolute Gasteiger partial charge is 0.411 e. The maximum atomic E-state index is 12.2. The van der Waals surface area contributed by atoms with Gasteiger partial charge in [0.15, 0.2) is 0 Å². The molecule has 3 aromatic rings. The lowest BCUT2D eigenvalue weighted by molar-refractivity contribution is 0.158. The van der Waals surface area contributed by atoms with Crippen molar-refractivity contribution in [3.8, 4) is 11.1 Å². The largest absolute Gasteiger partial charge is 0.448 e. The van der Waals surface area contributed by atoms with E-state index < -0.39 is 6.09 Å². The van der Waals surface area contributed by atoms with E-state index in [-0.39, 0.29) is 19.1 Å². The molecule has 0 saturated carbocycles. The third kappa shape index (κ3) is 3.46. The first kappa shape index (κ1) is 17.7. The molecule has 1 aliphatic carbocycles. The second-order valence-electron chi connectivity index (χ2n) is 6.28. The van der Waals surface area contributed by atoms with Crippen LogP contribution in [0.1, 0.15) is 22.6 Å². The first-order valence-corrected chi connectivity index (χ1v) is 9.34. The summed E-state index contributed by atoms with van der Waals surface area (Å²) in [6.45, 7) is 0.0739. The van der Waals surface area contributed by atoms with Crippen molar-refractivity contribution in [1.82, 2.24) is 4.98 Å². The Hall–Kier alpha value is -2.70. The van der Waals surface area contributed by atoms with Crippen LogP contribution >= 0.6 is 15.9 Å². The molecule has 1 aromatic heterocycles. The molecular weight excluding hydrogens is 408 g/mol. The van der Waals surface area contributed by atoms with Gasteiger partial charge in [0.1, 0.15) is 11.2 Å². The number of benzene rings is 2. The summed E-state index contributed by atoms with van der Waals surface area (Å²) in [7, 11) is 0. The summed E-state index contributed by atoms with van der Waals surface area (Å²) in [4.78, 5) is 16.3. The van der Waals surface area contributed by atoms with Crippen LogP contribution in [0.5, 0.6) is 0 Å². The lowest BCUT2D eigenvalue weighted by Gasteiger charge is -2.14. The van der Waals surface area contributed by atoms with Crippen LogP contribution in [-0.2, 0) is 11.3 Å². The van der Waals surface area contributed by atoms with Gasteiger partial charge < -0.3 is 9.84 Å². The van der Waals surface area contributed by atoms with Crippen molar-refractivity contribution in [1.29, 1.82) is 0 Å². The fourth-order valence-electron chi connectivity index (χ4n) is 3.43. The van der Waals surface area contributed by atoms with Gasteiger partial charge in [-0.3, -0.25) is 5.32 Å². The highest BCUT2D eigenvalue weighted by atomic mass is 79.9. The van der Waals surface area contributed by atoms with E-state index in [4.69, 9.17) is 4.74 Å². The predicted molar refractivity (Wildman–Crippen MR) is 107 cm³/mol. The predicted octanol–water partition coefficient (Wildman–Crippen LogP) is 4.70. The Morgan fingerprint density at radius 2 is 1.74 bits per heavy atom. The molecule has 1 aliphatic rings. The van der Waals surface area contributed by atoms with Gasteiger partial charge in [-0.05, 0) is 44.3 Å². The van der Waals surface area contributed by atoms with Crippen molar-refractivity contribution < 1.29 is 14.6 Å². The highest BCUT2D eigenvalue weighted by molar-refractivity contribution is 9.10. The monoisotopic (exact) mass is 424 g/mol. The molecule has 0 spiro atoms. The number of hydrogen-bond donors (Lipinski definition) is 2. The van der Waals surface area contributed by atoms with E-state index in [1.807, 2.05) is 24.3 Å². The lowest BCUT2D eigenvalue weighted by Crippen LogP contribution is -2.18. The third-order valence-corrected chi connectivity index (χ3v) is 5.39. The van der Waals surface area contributed by atoms with Gasteiger partial charge in [-0.1, -0.05) is 48.5 Å². The molecule has 6 heteroatoms. The van der Waals surface area contributed by atoms with E-state index >= 15 is 0 Å². The number of fused-ring (bicyclic) bond motifs is 3. The van der Waals surface area contributed by atoms with Crippen LogP contribution in [0.3, 0.4) is 0 Å². The normalized spacial score (nSPS) is 12.4. The number of ether oxygens (including phenoxy) is 1. The summed E-state index contributed by atoms with van der Waals surface area (Å²) in [5, 5.41) is 12.0. The van der Waals surface area contributed by atoms with Crippen LogP contribution in [0.2, 0.25) is 0 Å². The Bertz CT molecular complexity index is 961. The lowest BCUT2D eigenvalue weighted by atomic mass is 9.98. The van der Waals surface area contributed by atoms with Crippen LogP contribution in [0.25, 0.3) is 11.1 Å². The number of pyridine rings is 1. The molecule has 1 heterocycles. The van der Waals surface area contributed by atoms with E-state index in [1.165, 1.54) is 28.5 Å². The average Bonchev–Trinajstić information content (AvgIpc) is 3.02. The van der Waals surface area contributed by atoms with Gasteiger partial charge in [0.2, 0.25) is 0 Å². The summed E-state index contributed by atoms with van der Waals surface area (Å²) < 4.78 is 6.04. The summed E-state index contributed by atoms with van der Waals surface area (Å²) in [5.41, 5.74) is 5.77. The number of amides is 1. The number of anilines is 1. The second kappa shape index (κ2) is 7.50. The Kier molecular flexibility index (Phi) is 4.92. The van der Waals surface area contributed by atoms with Gasteiger partial charge in [-0.25, -0.2) is 9.78 Å². The number of nitrogens with one attached hydrogen (secondary N) is 1. The van der Waals surface area contributed by atoms with Gasteiger partial charge in [0, 0.05) is 11.5 Å². The van der Waals surface area contributed by atoms with Gasteiger partial charge in [-0.15, -0.1) is 0 Å². The number of aliphatic hydroxyl groups excluding tert-OH is 1. The maximum Gasteiger partial charge on any atom is 0.411 e. The fraction of sp³-hybridized carbons (Fsp3) is 0.143. The standard InChI is InChI=1S/C21H17BrN2O3/c22-20-13(11-25)9-14(10-23-20)24-21(26)27-12-19-17-7-3-1-5-15(17)16-6-2-4-8-18(16)19/h1-10,19,25H,11-12H2,(H,24,26). The zero-order valence-corrected chi connectivity index (χ0v) is 15.9. The van der Waals surface area contributed by atoms with Crippen molar-refractivity contribution in [2.75, 3.05) is 11.9 Å². The molecule has 4 rings (SSSR count). The van der Waals surface area contributed by atoms with Gasteiger partial charge >= 0.3 is 6.09 Å². The van der Waals surface area contributed by atoms with Crippen LogP contribution in [0.15, 0.2) is 65.4 Å². The quantitative estimate of drug-likeness (QED) is 0.595. The number of carbonyl (C=O) groups excluding carboxylic acids is 1. The first-order chi connectivity index (χ1) is 13.2. The summed E-state index contributed by atoms with van der Waals surface area (Å²) in [6.07, 6.45) is 0.954. The Morgan fingerprint density at radius 1 is 1.11 bits per heavy atom. The molecule has 1 amide bonds. The van der Waals surface area contributed by atoms with Crippen molar-refractivity contribution in [3.63, 3.8) is 0 Å². The topological polar surface area (TPSA) is 71.5 Å². The van der Waals surface area contributed by atoms with E-state index in [0.29, 0.717) is 15.9 Å². The minimum absolute atomic E-state index is 0.0131. The van der Waals surface area contributed by atoms with Crippen LogP contribution in [-0.4, -0.2) is 22.8 Å². The van der Waals surface area contributed by atoms with E-state index in [0.717, 1.165) is 0 Å². The number of aliphatic hydroxyl groups is 1. The highest BCUT2D eigenvalue weighted by Gasteiger charge is 2.29. The number of carbonyl (C=O) groups is 1. The Labute approximate surface area is 165 Å². The molecule has 0 bridgehead atoms. The molecule has 0 fully saturated rings. The second-order valence-corrected chi connectivity index (χ2v) is 7.03. The summed E-state index contributed by atoms with van der Waals surface area (Å²) in [6, 6.07) is 18.0. The minimum Gasteiger partial charge on any atom is -0.448 e. The molecule has 0 radical (unpaired) electrons. The molecule has 2 aromatic carbocycles. The van der Waals surface area contributed by atoms with Crippen molar-refractivity contribution >= 4 is 27.7 Å². The number of hydrogen-bond acceptors (Lipinski definition) is 4. The zero-order chi connectivity index (χ0) is 18.8. The number of aromatic nitrogens is 1. The van der Waals surface area contributed by atoms with E-state index in [1.54, 1.807) is 6.07 Å². The van der Waals surface area contributed by atoms with Crippen molar-refractivity contribution in [2.45, 2.75) is 12.5 Å². The maximum absolute atomic E-state index is 12.2. The highest BCUT2D eigenvalue weighted by Crippen LogP contribution is 2.44. The SMILES string of the molecule is O=C(Nc1cnc(Br)c(CO)c1)OCC1c2ccccc2-c2ccccc21. The molecule has 0 saturated heterocycles. The molecule has 2 N–H and O–H groups in total. The summed E-state index contributed by atoms with van der Waals surface area (Å²) in [5.74, 6) is 0.0131. The Morgan fingerprint density at radius 3 is 2.37 bits per heavy atom. The van der Waals surface area contributed by atoms with E-state index in [2.05, 4.69) is 50.5 Å². The van der Waals surface area contributed by atoms with Crippen molar-refractivity contribution in [2.24, 2.45) is 0 Å². The van der Waals surface area contributed by atoms with Gasteiger partial charge in [-0.2, -0.15) is 0 Å². The first-order valence-electron chi connectivity index (χ1n) is 8.54. The summed E-state index contributed by atoms with van der Waals surface area (Å²) >= 11 is 3.25. The van der Waals surface area contributed by atoms with Crippen molar-refractivity contribution in [3.05, 3.63) is 82.1 Å². The molecule has 0 unspecified atom stereocenters. The average molecular weight is 425 g/mol. The minimum atomic E-state index is -0.551. The molecule has 5 nitrogen and oxygen atoms in total. The molecular formula is C21H17BrN2O3. The number of nitrogens with zero attached hydrogens (tertiary/aromatic N) is 1. The molecule has 0 atom stereocenters. The number of rotatable bonds is 4. The van der Waals surface area contributed by atoms with Gasteiger partial charge in [0.05, 0.1) is 18.5 Å².